The molecule has 140 valence electrons. The van der Waals surface area contributed by atoms with E-state index in [9.17, 15) is 4.79 Å². The summed E-state index contributed by atoms with van der Waals surface area (Å²) in [5.41, 5.74) is 8.58. The van der Waals surface area contributed by atoms with Gasteiger partial charge in [0.2, 0.25) is 0 Å². The molecule has 0 saturated carbocycles. The molecule has 0 saturated heterocycles. The van der Waals surface area contributed by atoms with Gasteiger partial charge in [-0.2, -0.15) is 5.10 Å². The van der Waals surface area contributed by atoms with E-state index in [0.717, 1.165) is 28.5 Å². The molecule has 0 spiro atoms. The topological polar surface area (TPSA) is 87.9 Å². The summed E-state index contributed by atoms with van der Waals surface area (Å²) in [5.74, 6) is 0.798. The van der Waals surface area contributed by atoms with Crippen LogP contribution in [0.15, 0.2) is 66.1 Å². The quantitative estimate of drug-likeness (QED) is 0.556. The Balaban J connectivity index is 1.65. The first-order valence-electron chi connectivity index (χ1n) is 8.86. The Hall–Kier alpha value is -2.64. The number of H-pyrrole nitrogens is 1. The van der Waals surface area contributed by atoms with E-state index < -0.39 is 0 Å². The van der Waals surface area contributed by atoms with Gasteiger partial charge in [0.15, 0.2) is 5.16 Å². The number of thioether (sulfide) groups is 1. The fraction of sp³-hybridized carbons (Fsp3) is 0.250. The Morgan fingerprint density at radius 3 is 2.52 bits per heavy atom. The molecule has 0 atom stereocenters. The van der Waals surface area contributed by atoms with Crippen LogP contribution < -0.4 is 5.73 Å². The molecule has 27 heavy (non-hydrogen) atoms. The number of aromatic amines is 1. The van der Waals surface area contributed by atoms with Gasteiger partial charge in [-0.15, -0.1) is 0 Å². The van der Waals surface area contributed by atoms with Crippen molar-refractivity contribution in [3.8, 4) is 0 Å². The zero-order chi connectivity index (χ0) is 18.9. The van der Waals surface area contributed by atoms with Gasteiger partial charge in [-0.05, 0) is 36.2 Å². The van der Waals surface area contributed by atoms with Gasteiger partial charge in [0.25, 0.3) is 5.91 Å². The molecule has 0 unspecified atom stereocenters. The standard InChI is InChI=1S/C20H23N5OS/c21-11-4-12-25(13-16-5-2-1-3-6-16)19(26)18-9-7-17(8-10-18)14-27-20-22-15-23-24-20/h1-3,5-10,15H,4,11-14,21H2,(H,22,23,24). The number of carbonyl (C=O) groups excluding carboxylic acids is 1. The van der Waals surface area contributed by atoms with Gasteiger partial charge in [-0.25, -0.2) is 4.98 Å². The maximum absolute atomic E-state index is 13.0. The average Bonchev–Trinajstić information content (AvgIpc) is 3.24. The summed E-state index contributed by atoms with van der Waals surface area (Å²) in [6.07, 6.45) is 2.28. The number of aromatic nitrogens is 3. The molecule has 0 bridgehead atoms. The van der Waals surface area contributed by atoms with Crippen LogP contribution in [0.4, 0.5) is 0 Å². The van der Waals surface area contributed by atoms with Gasteiger partial charge >= 0.3 is 0 Å². The van der Waals surface area contributed by atoms with Crippen molar-refractivity contribution in [3.63, 3.8) is 0 Å². The van der Waals surface area contributed by atoms with Crippen LogP contribution in [0.3, 0.4) is 0 Å². The van der Waals surface area contributed by atoms with Crippen LogP contribution in [-0.4, -0.2) is 39.1 Å². The zero-order valence-corrected chi connectivity index (χ0v) is 15.9. The van der Waals surface area contributed by atoms with Crippen molar-refractivity contribution in [1.29, 1.82) is 0 Å². The Kier molecular flexibility index (Phi) is 7.01. The highest BCUT2D eigenvalue weighted by atomic mass is 32.2. The van der Waals surface area contributed by atoms with E-state index in [1.54, 1.807) is 11.8 Å². The molecule has 6 nitrogen and oxygen atoms in total. The number of benzene rings is 2. The van der Waals surface area contributed by atoms with Crippen LogP contribution in [0.25, 0.3) is 0 Å². The highest BCUT2D eigenvalue weighted by molar-refractivity contribution is 7.98. The molecule has 3 aromatic rings. The molecular formula is C20H23N5OS. The number of nitrogens with two attached hydrogens (primary N) is 1. The number of hydrogen-bond acceptors (Lipinski definition) is 5. The lowest BCUT2D eigenvalue weighted by Crippen LogP contribution is -2.32. The summed E-state index contributed by atoms with van der Waals surface area (Å²) < 4.78 is 0. The van der Waals surface area contributed by atoms with Gasteiger partial charge < -0.3 is 10.6 Å². The highest BCUT2D eigenvalue weighted by Gasteiger charge is 2.16. The molecule has 0 radical (unpaired) electrons. The monoisotopic (exact) mass is 381 g/mol. The second-order valence-electron chi connectivity index (χ2n) is 6.13. The third-order valence-electron chi connectivity index (χ3n) is 4.10. The SMILES string of the molecule is NCCCN(Cc1ccccc1)C(=O)c1ccc(CSc2ncn[nH]2)cc1. The minimum absolute atomic E-state index is 0.0294. The largest absolute Gasteiger partial charge is 0.334 e. The molecule has 0 aliphatic rings. The summed E-state index contributed by atoms with van der Waals surface area (Å²) in [6, 6.07) is 17.8. The predicted molar refractivity (Wildman–Crippen MR) is 107 cm³/mol. The normalized spacial score (nSPS) is 10.7. The van der Waals surface area contributed by atoms with Gasteiger partial charge in [0.05, 0.1) is 0 Å². The van der Waals surface area contributed by atoms with Crippen LogP contribution in [0, 0.1) is 0 Å². The lowest BCUT2D eigenvalue weighted by atomic mass is 10.1. The maximum atomic E-state index is 13.0. The van der Waals surface area contributed by atoms with Crippen LogP contribution in [-0.2, 0) is 12.3 Å². The van der Waals surface area contributed by atoms with E-state index in [2.05, 4.69) is 15.2 Å². The molecular weight excluding hydrogens is 358 g/mol. The molecule has 1 heterocycles. The van der Waals surface area contributed by atoms with E-state index in [0.29, 0.717) is 25.2 Å². The first kappa shape index (κ1) is 19.1. The minimum Gasteiger partial charge on any atom is -0.334 e. The van der Waals surface area contributed by atoms with Gasteiger partial charge in [-0.1, -0.05) is 54.2 Å². The van der Waals surface area contributed by atoms with Gasteiger partial charge in [0.1, 0.15) is 6.33 Å². The van der Waals surface area contributed by atoms with Crippen molar-refractivity contribution in [1.82, 2.24) is 20.1 Å². The van der Waals surface area contributed by atoms with Gasteiger partial charge in [-0.3, -0.25) is 9.89 Å². The third-order valence-corrected chi connectivity index (χ3v) is 5.05. The molecule has 3 N–H and O–H groups in total. The number of rotatable bonds is 9. The van der Waals surface area contributed by atoms with Crippen molar-refractivity contribution < 1.29 is 4.79 Å². The summed E-state index contributed by atoms with van der Waals surface area (Å²) in [6.45, 7) is 1.80. The van der Waals surface area contributed by atoms with Crippen LogP contribution in [0.5, 0.6) is 0 Å². The molecule has 7 heteroatoms. The molecule has 1 amide bonds. The smallest absolute Gasteiger partial charge is 0.254 e. The van der Waals surface area contributed by atoms with E-state index in [1.165, 1.54) is 6.33 Å². The highest BCUT2D eigenvalue weighted by Crippen LogP contribution is 2.19. The Labute approximate surface area is 163 Å². The Morgan fingerprint density at radius 1 is 1.07 bits per heavy atom. The molecule has 2 aromatic carbocycles. The number of hydrogen-bond donors (Lipinski definition) is 2. The number of nitrogens with one attached hydrogen (secondary N) is 1. The van der Waals surface area contributed by atoms with Crippen molar-refractivity contribution in [3.05, 3.63) is 77.6 Å². The molecule has 0 aliphatic carbocycles. The molecule has 3 rings (SSSR count). The van der Waals surface area contributed by atoms with Crippen molar-refractivity contribution >= 4 is 17.7 Å². The van der Waals surface area contributed by atoms with E-state index in [4.69, 9.17) is 5.73 Å². The molecule has 0 aliphatic heterocycles. The fourth-order valence-electron chi connectivity index (χ4n) is 2.68. The minimum atomic E-state index is 0.0294. The average molecular weight is 382 g/mol. The Bertz CT molecular complexity index is 821. The summed E-state index contributed by atoms with van der Waals surface area (Å²) in [7, 11) is 0. The molecule has 1 aromatic heterocycles. The van der Waals surface area contributed by atoms with E-state index in [1.807, 2.05) is 59.5 Å². The first-order chi connectivity index (χ1) is 13.3. The lowest BCUT2D eigenvalue weighted by molar-refractivity contribution is 0.0742. The second-order valence-corrected chi connectivity index (χ2v) is 7.09. The second kappa shape index (κ2) is 9.89. The van der Waals surface area contributed by atoms with Crippen LogP contribution in [0.2, 0.25) is 0 Å². The molecule has 0 fully saturated rings. The predicted octanol–water partition coefficient (Wildman–Crippen LogP) is 3.09. The number of carbonyl (C=O) groups is 1. The summed E-state index contributed by atoms with van der Waals surface area (Å²) in [5, 5.41) is 7.44. The summed E-state index contributed by atoms with van der Waals surface area (Å²) in [4.78, 5) is 18.9. The zero-order valence-electron chi connectivity index (χ0n) is 15.0. The first-order valence-corrected chi connectivity index (χ1v) is 9.85. The number of nitrogens with zero attached hydrogens (tertiary/aromatic N) is 3. The fourth-order valence-corrected chi connectivity index (χ4v) is 3.41. The van der Waals surface area contributed by atoms with Crippen LogP contribution in [0.1, 0.15) is 27.9 Å². The van der Waals surface area contributed by atoms with E-state index in [-0.39, 0.29) is 5.91 Å². The van der Waals surface area contributed by atoms with Crippen molar-refractivity contribution in [2.24, 2.45) is 5.73 Å². The van der Waals surface area contributed by atoms with Crippen molar-refractivity contribution in [2.75, 3.05) is 13.1 Å². The van der Waals surface area contributed by atoms with Crippen molar-refractivity contribution in [2.45, 2.75) is 23.9 Å². The van der Waals surface area contributed by atoms with Crippen LogP contribution >= 0.6 is 11.8 Å². The third kappa shape index (κ3) is 5.67. The lowest BCUT2D eigenvalue weighted by Gasteiger charge is -2.23. The Morgan fingerprint density at radius 2 is 1.85 bits per heavy atom. The van der Waals surface area contributed by atoms with Gasteiger partial charge in [0, 0.05) is 24.4 Å². The summed E-state index contributed by atoms with van der Waals surface area (Å²) >= 11 is 1.58. The van der Waals surface area contributed by atoms with E-state index >= 15 is 0 Å². The maximum Gasteiger partial charge on any atom is 0.254 e. The number of amides is 1.